The Bertz CT molecular complexity index is 1250. The maximum Gasteiger partial charge on any atom is 0.345 e. The average molecular weight is 396 g/mol. The van der Waals surface area contributed by atoms with Crippen LogP contribution in [0.5, 0.6) is 0 Å². The Kier molecular flexibility index (Phi) is 4.07. The van der Waals surface area contributed by atoms with Crippen molar-refractivity contribution in [3.8, 4) is 11.3 Å². The summed E-state index contributed by atoms with van der Waals surface area (Å²) >= 11 is 5.97. The number of nitrogens with one attached hydrogen (secondary N) is 1. The van der Waals surface area contributed by atoms with E-state index in [4.69, 9.17) is 16.0 Å². The lowest BCUT2D eigenvalue weighted by molar-refractivity contribution is 0.484. The van der Waals surface area contributed by atoms with Crippen molar-refractivity contribution in [2.75, 3.05) is 24.5 Å². The zero-order valence-corrected chi connectivity index (χ0v) is 16.0. The van der Waals surface area contributed by atoms with Gasteiger partial charge in [-0.05, 0) is 25.1 Å². The number of aromatic nitrogens is 3. The molecule has 1 aliphatic rings. The third-order valence-corrected chi connectivity index (χ3v) is 5.20. The molecule has 0 bridgehead atoms. The lowest BCUT2D eigenvalue weighted by Crippen LogP contribution is -2.49. The van der Waals surface area contributed by atoms with Gasteiger partial charge in [-0.2, -0.15) is 0 Å². The van der Waals surface area contributed by atoms with Gasteiger partial charge in [-0.15, -0.1) is 0 Å². The monoisotopic (exact) mass is 395 g/mol. The molecule has 0 aliphatic carbocycles. The third-order valence-electron chi connectivity index (χ3n) is 5.01. The zero-order chi connectivity index (χ0) is 19.3. The van der Waals surface area contributed by atoms with E-state index in [-0.39, 0.29) is 0 Å². The number of piperazine rings is 1. The topological polar surface area (TPSA) is 75.7 Å². The Labute approximate surface area is 165 Å². The second-order valence-corrected chi connectivity index (χ2v) is 7.51. The maximum absolute atomic E-state index is 12.6. The number of hydrogen-bond donors (Lipinski definition) is 1. The van der Waals surface area contributed by atoms with Crippen LogP contribution in [-0.4, -0.2) is 40.0 Å². The van der Waals surface area contributed by atoms with Crippen molar-refractivity contribution in [3.05, 3.63) is 58.3 Å². The lowest BCUT2D eigenvalue weighted by Gasteiger charge is -2.33. The molecular weight excluding hydrogens is 378 g/mol. The summed E-state index contributed by atoms with van der Waals surface area (Å²) in [5.74, 6) is 0.474. The van der Waals surface area contributed by atoms with Gasteiger partial charge in [0.1, 0.15) is 5.58 Å². The molecule has 7 nitrogen and oxygen atoms in total. The molecule has 1 fully saturated rings. The molecule has 1 saturated heterocycles. The van der Waals surface area contributed by atoms with Gasteiger partial charge in [-0.3, -0.25) is 4.40 Å². The minimum Gasteiger partial charge on any atom is -0.422 e. The molecule has 4 aromatic rings. The fraction of sp³-hybridized carbons (Fsp3) is 0.250. The Morgan fingerprint density at radius 2 is 2.18 bits per heavy atom. The third kappa shape index (κ3) is 3.02. The van der Waals surface area contributed by atoms with Crippen molar-refractivity contribution in [1.82, 2.24) is 19.7 Å². The highest BCUT2D eigenvalue weighted by molar-refractivity contribution is 6.30. The second-order valence-electron chi connectivity index (χ2n) is 7.08. The predicted octanol–water partition coefficient (Wildman–Crippen LogP) is 2.95. The highest BCUT2D eigenvalue weighted by Gasteiger charge is 2.17. The standard InChI is InChI=1S/C20H18ClN5O2/c1-12-9-25(5-4-22-12)15-3-2-13-6-16(19(27)28-18(13)7-15)17-11-26-10-14(21)8-23-20(26)24-17/h2-3,6-8,10-12,22H,4-5,9H2,1H3/t12-/m1/s1. The number of anilines is 1. The lowest BCUT2D eigenvalue weighted by atomic mass is 10.1. The molecule has 0 amide bonds. The number of hydrogen-bond acceptors (Lipinski definition) is 6. The minimum absolute atomic E-state index is 0.401. The Balaban J connectivity index is 1.56. The van der Waals surface area contributed by atoms with Crippen molar-refractivity contribution < 1.29 is 4.42 Å². The molecule has 0 saturated carbocycles. The van der Waals surface area contributed by atoms with Crippen LogP contribution >= 0.6 is 11.6 Å². The van der Waals surface area contributed by atoms with E-state index in [9.17, 15) is 4.79 Å². The molecule has 1 atom stereocenters. The summed E-state index contributed by atoms with van der Waals surface area (Å²) in [5, 5.41) is 4.78. The summed E-state index contributed by atoms with van der Waals surface area (Å²) in [6, 6.07) is 8.22. The second kappa shape index (κ2) is 6.61. The van der Waals surface area contributed by atoms with E-state index in [0.29, 0.717) is 33.7 Å². The van der Waals surface area contributed by atoms with Gasteiger partial charge < -0.3 is 14.6 Å². The summed E-state index contributed by atoms with van der Waals surface area (Å²) in [5.41, 5.74) is 2.11. The van der Waals surface area contributed by atoms with Gasteiger partial charge in [0, 0.05) is 55.2 Å². The van der Waals surface area contributed by atoms with Crippen LogP contribution in [0, 0.1) is 0 Å². The Morgan fingerprint density at radius 3 is 3.04 bits per heavy atom. The van der Waals surface area contributed by atoms with Crippen molar-refractivity contribution in [3.63, 3.8) is 0 Å². The van der Waals surface area contributed by atoms with Crippen LogP contribution in [0.4, 0.5) is 5.69 Å². The first-order chi connectivity index (χ1) is 13.6. The van der Waals surface area contributed by atoms with Crippen molar-refractivity contribution in [2.24, 2.45) is 0 Å². The summed E-state index contributed by atoms with van der Waals surface area (Å²) in [6.07, 6.45) is 4.95. The van der Waals surface area contributed by atoms with E-state index >= 15 is 0 Å². The summed E-state index contributed by atoms with van der Waals surface area (Å²) < 4.78 is 7.32. The van der Waals surface area contributed by atoms with Gasteiger partial charge in [0.25, 0.3) is 0 Å². The molecule has 4 heterocycles. The fourth-order valence-corrected chi connectivity index (χ4v) is 3.79. The summed E-state index contributed by atoms with van der Waals surface area (Å²) in [4.78, 5) is 23.5. The molecule has 1 N–H and O–H groups in total. The zero-order valence-electron chi connectivity index (χ0n) is 15.2. The molecule has 5 rings (SSSR count). The number of benzene rings is 1. The van der Waals surface area contributed by atoms with E-state index < -0.39 is 5.63 Å². The highest BCUT2D eigenvalue weighted by Crippen LogP contribution is 2.25. The molecule has 28 heavy (non-hydrogen) atoms. The number of halogens is 1. The molecular formula is C20H18ClN5O2. The van der Waals surface area contributed by atoms with E-state index in [1.165, 1.54) is 6.20 Å². The largest absolute Gasteiger partial charge is 0.422 e. The number of fused-ring (bicyclic) bond motifs is 2. The van der Waals surface area contributed by atoms with Gasteiger partial charge in [-0.25, -0.2) is 14.8 Å². The van der Waals surface area contributed by atoms with Crippen LogP contribution in [-0.2, 0) is 0 Å². The maximum atomic E-state index is 12.6. The molecule has 0 radical (unpaired) electrons. The molecule has 1 aliphatic heterocycles. The van der Waals surface area contributed by atoms with E-state index in [1.54, 1.807) is 16.8 Å². The van der Waals surface area contributed by atoms with Gasteiger partial charge in [0.05, 0.1) is 22.5 Å². The molecule has 3 aromatic heterocycles. The number of nitrogens with zero attached hydrogens (tertiary/aromatic N) is 4. The SMILES string of the molecule is C[C@@H]1CN(c2ccc3cc(-c4cn5cc(Cl)cnc5n4)c(=O)oc3c2)CCN1. The Hall–Kier alpha value is -2.90. The van der Waals surface area contributed by atoms with E-state index in [0.717, 1.165) is 30.7 Å². The van der Waals surface area contributed by atoms with Crippen LogP contribution in [0.15, 0.2) is 52.1 Å². The number of rotatable bonds is 2. The van der Waals surface area contributed by atoms with Crippen molar-refractivity contribution in [1.29, 1.82) is 0 Å². The normalized spacial score (nSPS) is 17.5. The van der Waals surface area contributed by atoms with E-state index in [2.05, 4.69) is 33.2 Å². The van der Waals surface area contributed by atoms with Crippen LogP contribution < -0.4 is 15.8 Å². The van der Waals surface area contributed by atoms with Gasteiger partial charge in [0.2, 0.25) is 5.78 Å². The molecule has 0 spiro atoms. The van der Waals surface area contributed by atoms with Gasteiger partial charge >= 0.3 is 5.63 Å². The molecule has 0 unspecified atom stereocenters. The van der Waals surface area contributed by atoms with E-state index in [1.807, 2.05) is 18.2 Å². The first-order valence-corrected chi connectivity index (χ1v) is 9.51. The molecule has 1 aromatic carbocycles. The first kappa shape index (κ1) is 17.2. The summed E-state index contributed by atoms with van der Waals surface area (Å²) in [7, 11) is 0. The quantitative estimate of drug-likeness (QED) is 0.526. The number of imidazole rings is 1. The van der Waals surface area contributed by atoms with Crippen LogP contribution in [0.1, 0.15) is 6.92 Å². The molecule has 142 valence electrons. The minimum atomic E-state index is -0.423. The van der Waals surface area contributed by atoms with Gasteiger partial charge in [0.15, 0.2) is 0 Å². The molecule has 8 heteroatoms. The average Bonchev–Trinajstić information content (AvgIpc) is 3.10. The smallest absolute Gasteiger partial charge is 0.345 e. The Morgan fingerprint density at radius 1 is 1.29 bits per heavy atom. The van der Waals surface area contributed by atoms with Crippen molar-refractivity contribution >= 4 is 34.0 Å². The van der Waals surface area contributed by atoms with Crippen LogP contribution in [0.25, 0.3) is 28.0 Å². The predicted molar refractivity (Wildman–Crippen MR) is 109 cm³/mol. The van der Waals surface area contributed by atoms with Crippen molar-refractivity contribution in [2.45, 2.75) is 13.0 Å². The first-order valence-electron chi connectivity index (χ1n) is 9.14. The van der Waals surface area contributed by atoms with Crippen LogP contribution in [0.3, 0.4) is 0 Å². The highest BCUT2D eigenvalue weighted by atomic mass is 35.5. The fourth-order valence-electron chi connectivity index (χ4n) is 3.63. The summed E-state index contributed by atoms with van der Waals surface area (Å²) in [6.45, 7) is 4.95. The van der Waals surface area contributed by atoms with Gasteiger partial charge in [-0.1, -0.05) is 11.6 Å². The van der Waals surface area contributed by atoms with Crippen LogP contribution in [0.2, 0.25) is 5.02 Å².